The largest absolute Gasteiger partial charge is 0.496 e. The van der Waals surface area contributed by atoms with Crippen LogP contribution in [0.3, 0.4) is 0 Å². The topological polar surface area (TPSA) is 64.4 Å². The van der Waals surface area contributed by atoms with Crippen molar-refractivity contribution in [1.29, 1.82) is 0 Å². The summed E-state index contributed by atoms with van der Waals surface area (Å²) in [4.78, 5) is 16.4. The van der Waals surface area contributed by atoms with Crippen molar-refractivity contribution in [1.82, 2.24) is 4.98 Å². The van der Waals surface area contributed by atoms with Gasteiger partial charge in [0.25, 0.3) is 0 Å². The van der Waals surface area contributed by atoms with Crippen LogP contribution in [0.25, 0.3) is 27.7 Å². The van der Waals surface area contributed by atoms with Gasteiger partial charge in [-0.25, -0.2) is 4.98 Å². The van der Waals surface area contributed by atoms with E-state index in [4.69, 9.17) is 20.8 Å². The summed E-state index contributed by atoms with van der Waals surface area (Å²) >= 11 is 7.37. The molecule has 0 fully saturated rings. The molecule has 1 amide bonds. The average Bonchev–Trinajstić information content (AvgIpc) is 3.36. The molecule has 0 atom stereocenters. The normalized spacial score (nSPS) is 11.6. The van der Waals surface area contributed by atoms with Crippen molar-refractivity contribution in [3.05, 3.63) is 70.9 Å². The molecule has 0 aliphatic carbocycles. The highest BCUT2D eigenvalue weighted by atomic mass is 35.5. The summed E-state index contributed by atoms with van der Waals surface area (Å²) in [5.74, 6) is 0.384. The first kappa shape index (κ1) is 19.2. The monoisotopic (exact) mass is 424 g/mol. The molecule has 29 heavy (non-hydrogen) atoms. The van der Waals surface area contributed by atoms with E-state index in [-0.39, 0.29) is 5.91 Å². The number of fused-ring (bicyclic) bond motifs is 1. The maximum absolute atomic E-state index is 12.3. The zero-order valence-corrected chi connectivity index (χ0v) is 17.3. The third-order valence-electron chi connectivity index (χ3n) is 4.49. The van der Waals surface area contributed by atoms with Crippen molar-refractivity contribution in [2.75, 3.05) is 12.4 Å². The van der Waals surface area contributed by atoms with Crippen molar-refractivity contribution in [3.63, 3.8) is 0 Å². The lowest BCUT2D eigenvalue weighted by atomic mass is 9.99. The SMILES string of the molecule is COc1cc2occ(-c3ccc(Cl)cc3)c2cc1/C(C)=C/C(=O)Nc1nccs1. The molecule has 0 saturated heterocycles. The van der Waals surface area contributed by atoms with Gasteiger partial charge in [0.05, 0.1) is 13.4 Å². The van der Waals surface area contributed by atoms with Crippen LogP contribution in [0, 0.1) is 0 Å². The fourth-order valence-corrected chi connectivity index (χ4v) is 3.74. The van der Waals surface area contributed by atoms with Crippen LogP contribution < -0.4 is 10.1 Å². The highest BCUT2D eigenvalue weighted by Gasteiger charge is 2.15. The molecule has 2 aromatic carbocycles. The number of hydrogen-bond acceptors (Lipinski definition) is 5. The summed E-state index contributed by atoms with van der Waals surface area (Å²) in [5, 5.41) is 6.72. The quantitative estimate of drug-likeness (QED) is 0.384. The summed E-state index contributed by atoms with van der Waals surface area (Å²) in [6.07, 6.45) is 4.89. The maximum atomic E-state index is 12.3. The van der Waals surface area contributed by atoms with Crippen LogP contribution in [0.4, 0.5) is 5.13 Å². The van der Waals surface area contributed by atoms with Crippen LogP contribution in [0.2, 0.25) is 5.02 Å². The molecule has 0 bridgehead atoms. The second kappa shape index (κ2) is 8.11. The number of halogens is 1. The molecule has 2 heterocycles. The molecular formula is C22H17ClN2O3S. The van der Waals surface area contributed by atoms with Crippen molar-refractivity contribution >= 4 is 50.5 Å². The van der Waals surface area contributed by atoms with Gasteiger partial charge < -0.3 is 9.15 Å². The van der Waals surface area contributed by atoms with Gasteiger partial charge in [0.2, 0.25) is 5.91 Å². The van der Waals surface area contributed by atoms with E-state index in [1.54, 1.807) is 24.9 Å². The molecule has 0 aliphatic rings. The Balaban J connectivity index is 1.74. The minimum atomic E-state index is -0.246. The number of amides is 1. The molecule has 0 radical (unpaired) electrons. The van der Waals surface area contributed by atoms with Crippen molar-refractivity contribution in [2.24, 2.45) is 0 Å². The first-order valence-corrected chi connectivity index (χ1v) is 10.0. The second-order valence-corrected chi connectivity index (χ2v) is 7.69. The molecule has 0 saturated carbocycles. The number of hydrogen-bond donors (Lipinski definition) is 1. The van der Waals surface area contributed by atoms with Crippen LogP contribution in [0.5, 0.6) is 5.75 Å². The van der Waals surface area contributed by atoms with Crippen LogP contribution in [-0.4, -0.2) is 18.0 Å². The van der Waals surface area contributed by atoms with Gasteiger partial charge in [0.1, 0.15) is 11.3 Å². The average molecular weight is 425 g/mol. The Bertz CT molecular complexity index is 1200. The summed E-state index contributed by atoms with van der Waals surface area (Å²) in [7, 11) is 1.59. The smallest absolute Gasteiger partial charge is 0.250 e. The van der Waals surface area contributed by atoms with Crippen LogP contribution in [0.1, 0.15) is 12.5 Å². The number of ether oxygens (including phenoxy) is 1. The number of methoxy groups -OCH3 is 1. The Morgan fingerprint density at radius 3 is 2.76 bits per heavy atom. The highest BCUT2D eigenvalue weighted by Crippen LogP contribution is 2.37. The molecule has 2 aromatic heterocycles. The van der Waals surface area contributed by atoms with Gasteiger partial charge in [0.15, 0.2) is 5.13 Å². The Hall–Kier alpha value is -3.09. The van der Waals surface area contributed by atoms with Crippen LogP contribution >= 0.6 is 22.9 Å². The summed E-state index contributed by atoms with van der Waals surface area (Å²) in [5.41, 5.74) is 4.22. The number of allylic oxidation sites excluding steroid dienone is 1. The minimum absolute atomic E-state index is 0.246. The molecule has 0 spiro atoms. The molecule has 5 nitrogen and oxygen atoms in total. The fourth-order valence-electron chi connectivity index (χ4n) is 3.09. The molecule has 7 heteroatoms. The zero-order chi connectivity index (χ0) is 20.4. The highest BCUT2D eigenvalue weighted by molar-refractivity contribution is 7.13. The Morgan fingerprint density at radius 2 is 2.07 bits per heavy atom. The Labute approximate surface area is 176 Å². The van der Waals surface area contributed by atoms with Crippen molar-refractivity contribution in [2.45, 2.75) is 6.92 Å². The number of nitrogens with zero attached hydrogens (tertiary/aromatic N) is 1. The molecule has 4 aromatic rings. The van der Waals surface area contributed by atoms with E-state index in [1.807, 2.05) is 43.3 Å². The number of carbonyl (C=O) groups excluding carboxylic acids is 1. The number of aromatic nitrogens is 1. The third kappa shape index (κ3) is 4.04. The van der Waals surface area contributed by atoms with E-state index in [0.29, 0.717) is 21.5 Å². The lowest BCUT2D eigenvalue weighted by Gasteiger charge is -2.10. The molecule has 1 N–H and O–H groups in total. The number of benzene rings is 2. The van der Waals surface area contributed by atoms with E-state index in [1.165, 1.54) is 17.4 Å². The number of carbonyl (C=O) groups is 1. The zero-order valence-electron chi connectivity index (χ0n) is 15.7. The summed E-state index contributed by atoms with van der Waals surface area (Å²) < 4.78 is 11.3. The van der Waals surface area contributed by atoms with Crippen molar-refractivity contribution < 1.29 is 13.9 Å². The molecule has 0 aliphatic heterocycles. The van der Waals surface area contributed by atoms with Gasteiger partial charge >= 0.3 is 0 Å². The number of nitrogens with one attached hydrogen (secondary N) is 1. The van der Waals surface area contributed by atoms with Crippen molar-refractivity contribution in [3.8, 4) is 16.9 Å². The van der Waals surface area contributed by atoms with Gasteiger partial charge in [-0.3, -0.25) is 10.1 Å². The number of thiazole rings is 1. The van der Waals surface area contributed by atoms with Gasteiger partial charge in [-0.2, -0.15) is 0 Å². The molecule has 4 rings (SSSR count). The third-order valence-corrected chi connectivity index (χ3v) is 5.43. The standard InChI is InChI=1S/C22H17ClN2O3S/c1-13(9-21(26)25-22-24-7-8-29-22)16-10-17-18(14-3-5-15(23)6-4-14)12-28-20(17)11-19(16)27-2/h3-12H,1-2H3,(H,24,25,26)/b13-9+. The van der Waals surface area contributed by atoms with E-state index < -0.39 is 0 Å². The fraction of sp³-hybridized carbons (Fsp3) is 0.0909. The lowest BCUT2D eigenvalue weighted by molar-refractivity contribution is -0.111. The number of furan rings is 1. The van der Waals surface area contributed by atoms with Gasteiger partial charge in [-0.1, -0.05) is 23.7 Å². The Morgan fingerprint density at radius 1 is 1.28 bits per heavy atom. The van der Waals surface area contributed by atoms with E-state index in [2.05, 4.69) is 10.3 Å². The molecular weight excluding hydrogens is 408 g/mol. The van der Waals surface area contributed by atoms with Crippen LogP contribution in [0.15, 0.2) is 64.7 Å². The van der Waals surface area contributed by atoms with Gasteiger partial charge in [-0.05, 0) is 36.3 Å². The second-order valence-electron chi connectivity index (χ2n) is 6.36. The Kier molecular flexibility index (Phi) is 5.38. The minimum Gasteiger partial charge on any atom is -0.496 e. The molecule has 146 valence electrons. The molecule has 0 unspecified atom stereocenters. The predicted octanol–water partition coefficient (Wildman–Crippen LogP) is 6.26. The summed E-state index contributed by atoms with van der Waals surface area (Å²) in [6.45, 7) is 1.87. The van der Waals surface area contributed by atoms with E-state index in [9.17, 15) is 4.79 Å². The van der Waals surface area contributed by atoms with Gasteiger partial charge in [0, 0.05) is 45.3 Å². The first-order valence-electron chi connectivity index (χ1n) is 8.79. The predicted molar refractivity (Wildman–Crippen MR) is 118 cm³/mol. The lowest BCUT2D eigenvalue weighted by Crippen LogP contribution is -2.08. The number of anilines is 1. The first-order chi connectivity index (χ1) is 14.0. The van der Waals surface area contributed by atoms with Gasteiger partial charge in [-0.15, -0.1) is 11.3 Å². The number of rotatable bonds is 5. The maximum Gasteiger partial charge on any atom is 0.250 e. The van der Waals surface area contributed by atoms with E-state index >= 15 is 0 Å². The van der Waals surface area contributed by atoms with E-state index in [0.717, 1.165) is 27.6 Å². The summed E-state index contributed by atoms with van der Waals surface area (Å²) in [6, 6.07) is 11.4. The van der Waals surface area contributed by atoms with Crippen LogP contribution in [-0.2, 0) is 4.79 Å².